The molecule has 0 aliphatic carbocycles. The molecule has 3 rings (SSSR count). The van der Waals surface area contributed by atoms with Gasteiger partial charge in [-0.05, 0) is 25.1 Å². The van der Waals surface area contributed by atoms with Crippen molar-refractivity contribution in [2.45, 2.75) is 19.6 Å². The van der Waals surface area contributed by atoms with E-state index in [4.69, 9.17) is 9.78 Å². The Labute approximate surface area is 158 Å². The summed E-state index contributed by atoms with van der Waals surface area (Å²) in [5.41, 5.74) is 2.43. The lowest BCUT2D eigenvalue weighted by Gasteiger charge is -2.11. The molecule has 28 heavy (non-hydrogen) atoms. The van der Waals surface area contributed by atoms with Crippen LogP contribution in [0.5, 0.6) is 5.75 Å². The average molecular weight is 388 g/mol. The first-order valence-electron chi connectivity index (χ1n) is 8.21. The molecule has 0 amide bonds. The van der Waals surface area contributed by atoms with E-state index in [1.165, 1.54) is 18.2 Å². The third-order valence-corrected chi connectivity index (χ3v) is 3.71. The summed E-state index contributed by atoms with van der Waals surface area (Å²) < 4.78 is 46.6. The number of halogens is 3. The minimum atomic E-state index is -4.48. The number of nitrogens with zero attached hydrogens (tertiary/aromatic N) is 3. The van der Waals surface area contributed by atoms with Gasteiger partial charge in [0.05, 0.1) is 12.1 Å². The van der Waals surface area contributed by atoms with Crippen molar-refractivity contribution in [1.82, 2.24) is 10.1 Å². The summed E-state index contributed by atoms with van der Waals surface area (Å²) in [6.45, 7) is 0.703. The topological polar surface area (TPSA) is 84.0 Å². The van der Waals surface area contributed by atoms with Crippen LogP contribution in [0.1, 0.15) is 17.0 Å². The summed E-state index contributed by atoms with van der Waals surface area (Å²) in [6.07, 6.45) is -4.48. The number of anilines is 1. The molecule has 1 heterocycles. The number of nitriles is 1. The zero-order chi connectivity index (χ0) is 20.1. The van der Waals surface area contributed by atoms with Gasteiger partial charge in [-0.2, -0.15) is 23.4 Å². The van der Waals surface area contributed by atoms with E-state index in [9.17, 15) is 13.2 Å². The molecular formula is C19H15F3N4O2. The van der Waals surface area contributed by atoms with Gasteiger partial charge in [-0.15, -0.1) is 0 Å². The molecule has 1 aromatic heterocycles. The number of aromatic nitrogens is 2. The molecule has 0 fully saturated rings. The van der Waals surface area contributed by atoms with Crippen molar-refractivity contribution in [3.05, 3.63) is 59.5 Å². The van der Waals surface area contributed by atoms with Crippen LogP contribution in [0, 0.1) is 18.3 Å². The molecule has 0 bridgehead atoms. The third kappa shape index (κ3) is 5.01. The summed E-state index contributed by atoms with van der Waals surface area (Å²) in [4.78, 5) is 4.29. The van der Waals surface area contributed by atoms with Gasteiger partial charge in [0, 0.05) is 11.3 Å². The molecule has 2 aromatic carbocycles. The van der Waals surface area contributed by atoms with Crippen LogP contribution in [0.2, 0.25) is 0 Å². The highest BCUT2D eigenvalue weighted by atomic mass is 19.4. The van der Waals surface area contributed by atoms with Crippen molar-refractivity contribution in [3.63, 3.8) is 0 Å². The zero-order valence-electron chi connectivity index (χ0n) is 14.7. The van der Waals surface area contributed by atoms with Crippen LogP contribution in [-0.2, 0) is 6.54 Å². The van der Waals surface area contributed by atoms with Crippen LogP contribution >= 0.6 is 0 Å². The third-order valence-electron chi connectivity index (χ3n) is 3.71. The lowest BCUT2D eigenvalue weighted by atomic mass is 10.1. The second-order valence-electron chi connectivity index (χ2n) is 5.96. The first-order chi connectivity index (χ1) is 13.3. The molecule has 0 spiro atoms. The highest BCUT2D eigenvalue weighted by molar-refractivity contribution is 5.56. The number of rotatable bonds is 6. The predicted molar refractivity (Wildman–Crippen MR) is 94.5 cm³/mol. The summed E-state index contributed by atoms with van der Waals surface area (Å²) in [6, 6.07) is 13.7. The van der Waals surface area contributed by atoms with Crippen molar-refractivity contribution < 1.29 is 22.4 Å². The van der Waals surface area contributed by atoms with Gasteiger partial charge in [0.1, 0.15) is 11.8 Å². The van der Waals surface area contributed by atoms with Gasteiger partial charge in [0.25, 0.3) is 0 Å². The van der Waals surface area contributed by atoms with Gasteiger partial charge >= 0.3 is 6.18 Å². The Bertz CT molecular complexity index is 992. The Kier molecular flexibility index (Phi) is 5.49. The molecule has 6 nitrogen and oxygen atoms in total. The normalized spacial score (nSPS) is 11.1. The molecule has 0 radical (unpaired) electrons. The fraction of sp³-hybridized carbons (Fsp3) is 0.211. The van der Waals surface area contributed by atoms with E-state index in [2.05, 4.69) is 20.2 Å². The minimum absolute atomic E-state index is 0.0138. The predicted octanol–water partition coefficient (Wildman–Crippen LogP) is 4.47. The quantitative estimate of drug-likeness (QED) is 0.671. The fourth-order valence-electron chi connectivity index (χ4n) is 2.34. The van der Waals surface area contributed by atoms with Gasteiger partial charge in [-0.25, -0.2) is 0 Å². The molecule has 0 atom stereocenters. The van der Waals surface area contributed by atoms with Gasteiger partial charge in [-0.1, -0.05) is 35.0 Å². The standard InChI is InChI=1S/C19H15F3N4O2/c1-12-2-4-13(5-3-12)18-25-17(28-26-18)10-24-15-6-7-16(14(8-15)9-23)27-11-19(20,21)22/h2-8,24H,10-11H2,1H3. The number of hydrogen-bond acceptors (Lipinski definition) is 6. The lowest BCUT2D eigenvalue weighted by Crippen LogP contribution is -2.19. The molecule has 0 saturated carbocycles. The van der Waals surface area contributed by atoms with E-state index >= 15 is 0 Å². The number of hydrogen-bond donors (Lipinski definition) is 1. The molecule has 3 aromatic rings. The largest absolute Gasteiger partial charge is 0.483 e. The Hall–Kier alpha value is -3.54. The summed E-state index contributed by atoms with van der Waals surface area (Å²) in [5.74, 6) is 0.640. The van der Waals surface area contributed by atoms with E-state index in [-0.39, 0.29) is 17.9 Å². The van der Waals surface area contributed by atoms with E-state index in [0.717, 1.165) is 11.1 Å². The summed E-state index contributed by atoms with van der Waals surface area (Å²) >= 11 is 0. The SMILES string of the molecule is Cc1ccc(-c2noc(CNc3ccc(OCC(F)(F)F)c(C#N)c3)n2)cc1. The number of aryl methyl sites for hydroxylation is 1. The zero-order valence-corrected chi connectivity index (χ0v) is 14.7. The molecule has 0 unspecified atom stereocenters. The van der Waals surface area contributed by atoms with Crippen LogP contribution in [0.15, 0.2) is 47.0 Å². The Morgan fingerprint density at radius 3 is 2.61 bits per heavy atom. The Morgan fingerprint density at radius 2 is 1.93 bits per heavy atom. The van der Waals surface area contributed by atoms with Gasteiger partial charge in [-0.3, -0.25) is 0 Å². The number of ether oxygens (including phenoxy) is 1. The number of alkyl halides is 3. The van der Waals surface area contributed by atoms with Crippen LogP contribution < -0.4 is 10.1 Å². The van der Waals surface area contributed by atoms with E-state index in [1.54, 1.807) is 0 Å². The van der Waals surface area contributed by atoms with E-state index in [1.807, 2.05) is 37.3 Å². The van der Waals surface area contributed by atoms with Crippen molar-refractivity contribution in [1.29, 1.82) is 5.26 Å². The van der Waals surface area contributed by atoms with Crippen molar-refractivity contribution in [3.8, 4) is 23.2 Å². The van der Waals surface area contributed by atoms with Crippen LogP contribution in [0.25, 0.3) is 11.4 Å². The number of nitrogens with one attached hydrogen (secondary N) is 1. The molecular weight excluding hydrogens is 373 g/mol. The molecule has 0 aliphatic rings. The van der Waals surface area contributed by atoms with Gasteiger partial charge in [0.2, 0.25) is 11.7 Å². The van der Waals surface area contributed by atoms with Crippen LogP contribution in [0.4, 0.5) is 18.9 Å². The van der Waals surface area contributed by atoms with E-state index in [0.29, 0.717) is 17.4 Å². The van der Waals surface area contributed by atoms with Crippen molar-refractivity contribution in [2.24, 2.45) is 0 Å². The highest BCUT2D eigenvalue weighted by Crippen LogP contribution is 2.25. The molecule has 144 valence electrons. The van der Waals surface area contributed by atoms with Crippen molar-refractivity contribution in [2.75, 3.05) is 11.9 Å². The number of benzene rings is 2. The van der Waals surface area contributed by atoms with Crippen LogP contribution in [-0.4, -0.2) is 22.9 Å². The maximum absolute atomic E-state index is 12.3. The maximum atomic E-state index is 12.3. The average Bonchev–Trinajstić information content (AvgIpc) is 3.14. The van der Waals surface area contributed by atoms with Crippen molar-refractivity contribution >= 4 is 5.69 Å². The molecule has 0 saturated heterocycles. The highest BCUT2D eigenvalue weighted by Gasteiger charge is 2.28. The maximum Gasteiger partial charge on any atom is 0.422 e. The fourth-order valence-corrected chi connectivity index (χ4v) is 2.34. The second kappa shape index (κ2) is 8.00. The monoisotopic (exact) mass is 388 g/mol. The Balaban J connectivity index is 1.65. The summed E-state index contributed by atoms with van der Waals surface area (Å²) in [7, 11) is 0. The molecule has 1 N–H and O–H groups in total. The minimum Gasteiger partial charge on any atom is -0.483 e. The first kappa shape index (κ1) is 19.2. The van der Waals surface area contributed by atoms with Gasteiger partial charge in [0.15, 0.2) is 6.61 Å². The smallest absolute Gasteiger partial charge is 0.422 e. The van der Waals surface area contributed by atoms with Gasteiger partial charge < -0.3 is 14.6 Å². The van der Waals surface area contributed by atoms with E-state index < -0.39 is 12.8 Å². The first-order valence-corrected chi connectivity index (χ1v) is 8.21. The summed E-state index contributed by atoms with van der Waals surface area (Å²) in [5, 5.41) is 16.0. The second-order valence-corrected chi connectivity index (χ2v) is 5.96. The molecule has 9 heteroatoms. The lowest BCUT2D eigenvalue weighted by molar-refractivity contribution is -0.153. The molecule has 0 aliphatic heterocycles. The van der Waals surface area contributed by atoms with Crippen LogP contribution in [0.3, 0.4) is 0 Å². The Morgan fingerprint density at radius 1 is 1.18 bits per heavy atom.